The number of hydrogen-bond donors (Lipinski definition) is 2. The van der Waals surface area contributed by atoms with Crippen LogP contribution in [0.3, 0.4) is 0 Å². The van der Waals surface area contributed by atoms with Crippen molar-refractivity contribution in [1.29, 1.82) is 0 Å². The number of aromatic nitrogens is 1. The van der Waals surface area contributed by atoms with Gasteiger partial charge in [-0.1, -0.05) is 0 Å². The number of carbonyl (C=O) groups is 1. The van der Waals surface area contributed by atoms with Crippen LogP contribution in [0.1, 0.15) is 12.1 Å². The number of aromatic amines is 1. The lowest BCUT2D eigenvalue weighted by Gasteiger charge is -2.13. The maximum atomic E-state index is 11.8. The second-order valence-electron chi connectivity index (χ2n) is 4.68. The maximum Gasteiger partial charge on any atom is 0.224 e. The van der Waals surface area contributed by atoms with Crippen molar-refractivity contribution in [3.05, 3.63) is 48.3 Å². The van der Waals surface area contributed by atoms with Gasteiger partial charge < -0.3 is 15.2 Å². The van der Waals surface area contributed by atoms with Gasteiger partial charge in [-0.25, -0.2) is 0 Å². The molecule has 0 spiro atoms. The molecule has 4 heteroatoms. The van der Waals surface area contributed by atoms with Crippen LogP contribution < -0.4 is 10.2 Å². The lowest BCUT2D eigenvalue weighted by molar-refractivity contribution is -0.116. The molecule has 0 radical (unpaired) electrons. The number of carbonyl (C=O) groups excluding carboxylic acids is 1. The van der Waals surface area contributed by atoms with Gasteiger partial charge in [0.25, 0.3) is 0 Å². The van der Waals surface area contributed by atoms with Crippen LogP contribution in [0.4, 0.5) is 11.4 Å². The number of hydrogen-bond acceptors (Lipinski definition) is 2. The lowest BCUT2D eigenvalue weighted by Crippen LogP contribution is -2.13. The van der Waals surface area contributed by atoms with Gasteiger partial charge >= 0.3 is 0 Å². The van der Waals surface area contributed by atoms with Crippen molar-refractivity contribution in [2.24, 2.45) is 0 Å². The van der Waals surface area contributed by atoms with E-state index in [2.05, 4.69) is 10.3 Å². The Morgan fingerprint density at radius 2 is 1.95 bits per heavy atom. The van der Waals surface area contributed by atoms with Crippen LogP contribution in [-0.4, -0.2) is 25.0 Å². The highest BCUT2D eigenvalue weighted by atomic mass is 16.1. The first-order valence-corrected chi connectivity index (χ1v) is 6.34. The van der Waals surface area contributed by atoms with Gasteiger partial charge in [0.1, 0.15) is 0 Å². The summed E-state index contributed by atoms with van der Waals surface area (Å²) < 4.78 is 0. The summed E-state index contributed by atoms with van der Waals surface area (Å²) in [5.41, 5.74) is 3.03. The van der Waals surface area contributed by atoms with E-state index in [1.54, 1.807) is 0 Å². The number of benzene rings is 1. The molecule has 0 saturated heterocycles. The first-order chi connectivity index (χ1) is 9.15. The molecule has 4 nitrogen and oxygen atoms in total. The van der Waals surface area contributed by atoms with E-state index >= 15 is 0 Å². The number of anilines is 2. The van der Waals surface area contributed by atoms with E-state index in [0.717, 1.165) is 23.5 Å². The molecule has 1 aromatic carbocycles. The van der Waals surface area contributed by atoms with Crippen molar-refractivity contribution in [1.82, 2.24) is 4.98 Å². The molecule has 2 rings (SSSR count). The molecule has 1 amide bonds. The molecule has 0 fully saturated rings. The van der Waals surface area contributed by atoms with Crippen molar-refractivity contribution in [3.8, 4) is 0 Å². The third-order valence-corrected chi connectivity index (χ3v) is 2.95. The summed E-state index contributed by atoms with van der Waals surface area (Å²) in [4.78, 5) is 16.9. The molecular weight excluding hydrogens is 238 g/mol. The molecule has 2 aromatic rings. The molecule has 1 aromatic heterocycles. The van der Waals surface area contributed by atoms with Gasteiger partial charge in [-0.15, -0.1) is 0 Å². The maximum absolute atomic E-state index is 11.8. The fourth-order valence-electron chi connectivity index (χ4n) is 1.84. The molecule has 100 valence electrons. The Hall–Kier alpha value is -2.23. The molecule has 0 saturated carbocycles. The van der Waals surface area contributed by atoms with Crippen LogP contribution in [0.15, 0.2) is 42.6 Å². The van der Waals surface area contributed by atoms with Crippen LogP contribution in [0, 0.1) is 0 Å². The third-order valence-electron chi connectivity index (χ3n) is 2.95. The Kier molecular flexibility index (Phi) is 4.23. The zero-order chi connectivity index (χ0) is 13.7. The largest absolute Gasteiger partial charge is 0.378 e. The molecule has 0 aliphatic carbocycles. The van der Waals surface area contributed by atoms with E-state index in [1.165, 1.54) is 0 Å². The zero-order valence-electron chi connectivity index (χ0n) is 11.3. The molecule has 2 N–H and O–H groups in total. The Morgan fingerprint density at radius 1 is 1.21 bits per heavy atom. The summed E-state index contributed by atoms with van der Waals surface area (Å²) in [5.74, 6) is 0.0344. The quantitative estimate of drug-likeness (QED) is 0.865. The summed E-state index contributed by atoms with van der Waals surface area (Å²) in [6, 6.07) is 11.7. The minimum Gasteiger partial charge on any atom is -0.378 e. The van der Waals surface area contributed by atoms with Crippen molar-refractivity contribution in [3.63, 3.8) is 0 Å². The Labute approximate surface area is 113 Å². The van der Waals surface area contributed by atoms with E-state index in [1.807, 2.05) is 61.6 Å². The number of H-pyrrole nitrogens is 1. The molecule has 19 heavy (non-hydrogen) atoms. The van der Waals surface area contributed by atoms with Gasteiger partial charge in [0.2, 0.25) is 5.91 Å². The highest BCUT2D eigenvalue weighted by Crippen LogP contribution is 2.15. The summed E-state index contributed by atoms with van der Waals surface area (Å²) in [5, 5.41) is 2.90. The normalized spacial score (nSPS) is 10.2. The van der Waals surface area contributed by atoms with Gasteiger partial charge in [-0.3, -0.25) is 4.79 Å². The van der Waals surface area contributed by atoms with E-state index < -0.39 is 0 Å². The SMILES string of the molecule is CN(C)c1ccc(NC(=O)CCc2ccc[nH]2)cc1. The number of nitrogens with one attached hydrogen (secondary N) is 2. The molecule has 0 atom stereocenters. The minimum absolute atomic E-state index is 0.0344. The first-order valence-electron chi connectivity index (χ1n) is 6.34. The summed E-state index contributed by atoms with van der Waals surface area (Å²) in [7, 11) is 3.98. The van der Waals surface area contributed by atoms with Crippen LogP contribution in [0.25, 0.3) is 0 Å². The molecular formula is C15H19N3O. The molecule has 0 aliphatic heterocycles. The second-order valence-corrected chi connectivity index (χ2v) is 4.68. The van der Waals surface area contributed by atoms with Crippen molar-refractivity contribution in [2.75, 3.05) is 24.3 Å². The number of nitrogens with zero attached hydrogens (tertiary/aromatic N) is 1. The topological polar surface area (TPSA) is 48.1 Å². The Morgan fingerprint density at radius 3 is 2.53 bits per heavy atom. The van der Waals surface area contributed by atoms with E-state index in [9.17, 15) is 4.79 Å². The fraction of sp³-hybridized carbons (Fsp3) is 0.267. The first kappa shape index (κ1) is 13.2. The van der Waals surface area contributed by atoms with Crippen LogP contribution in [0.2, 0.25) is 0 Å². The van der Waals surface area contributed by atoms with Gasteiger partial charge in [-0.2, -0.15) is 0 Å². The monoisotopic (exact) mass is 257 g/mol. The molecule has 0 unspecified atom stereocenters. The van der Waals surface area contributed by atoms with E-state index in [0.29, 0.717) is 6.42 Å². The van der Waals surface area contributed by atoms with Gasteiger partial charge in [0.05, 0.1) is 0 Å². The third kappa shape index (κ3) is 3.88. The zero-order valence-corrected chi connectivity index (χ0v) is 11.3. The summed E-state index contributed by atoms with van der Waals surface area (Å²) >= 11 is 0. The van der Waals surface area contributed by atoms with Gasteiger partial charge in [0, 0.05) is 43.8 Å². The second kappa shape index (κ2) is 6.09. The van der Waals surface area contributed by atoms with E-state index in [-0.39, 0.29) is 5.91 Å². The summed E-state index contributed by atoms with van der Waals surface area (Å²) in [6.45, 7) is 0. The van der Waals surface area contributed by atoms with Gasteiger partial charge in [0.15, 0.2) is 0 Å². The molecule has 0 bridgehead atoms. The molecule has 0 aliphatic rings. The van der Waals surface area contributed by atoms with Crippen LogP contribution in [-0.2, 0) is 11.2 Å². The number of amides is 1. The fourth-order valence-corrected chi connectivity index (χ4v) is 1.84. The lowest BCUT2D eigenvalue weighted by atomic mass is 10.2. The Bertz CT molecular complexity index is 515. The average molecular weight is 257 g/mol. The smallest absolute Gasteiger partial charge is 0.224 e. The van der Waals surface area contributed by atoms with Crippen LogP contribution >= 0.6 is 0 Å². The van der Waals surface area contributed by atoms with Crippen molar-refractivity contribution in [2.45, 2.75) is 12.8 Å². The summed E-state index contributed by atoms with van der Waals surface area (Å²) in [6.07, 6.45) is 3.08. The highest BCUT2D eigenvalue weighted by Gasteiger charge is 2.04. The highest BCUT2D eigenvalue weighted by molar-refractivity contribution is 5.90. The predicted molar refractivity (Wildman–Crippen MR) is 78.5 cm³/mol. The average Bonchev–Trinajstić information content (AvgIpc) is 2.90. The van der Waals surface area contributed by atoms with Crippen LogP contribution in [0.5, 0.6) is 0 Å². The standard InChI is InChI=1S/C15H19N3O/c1-18(2)14-8-5-13(6-9-14)17-15(19)10-7-12-4-3-11-16-12/h3-6,8-9,11,16H,7,10H2,1-2H3,(H,17,19). The minimum atomic E-state index is 0.0344. The van der Waals surface area contributed by atoms with E-state index in [4.69, 9.17) is 0 Å². The predicted octanol–water partition coefficient (Wildman–Crippen LogP) is 2.65. The number of aryl methyl sites for hydroxylation is 1. The Balaban J connectivity index is 1.84. The van der Waals surface area contributed by atoms with Crippen molar-refractivity contribution < 1.29 is 4.79 Å². The number of rotatable bonds is 5. The van der Waals surface area contributed by atoms with Gasteiger partial charge in [-0.05, 0) is 42.8 Å². The molecule has 1 heterocycles. The van der Waals surface area contributed by atoms with Crippen molar-refractivity contribution >= 4 is 17.3 Å².